The fourth-order valence-corrected chi connectivity index (χ4v) is 1.14. The molecule has 0 fully saturated rings. The van der Waals surface area contributed by atoms with Crippen molar-refractivity contribution in [3.8, 4) is 0 Å². The SMILES string of the molecule is O=C(Nc1cccnc1)C1=CCC1. The zero-order chi connectivity index (χ0) is 9.10. The topological polar surface area (TPSA) is 42.0 Å². The lowest BCUT2D eigenvalue weighted by Crippen LogP contribution is -2.17. The predicted octanol–water partition coefficient (Wildman–Crippen LogP) is 1.74. The summed E-state index contributed by atoms with van der Waals surface area (Å²) in [6.45, 7) is 0. The maximum absolute atomic E-state index is 11.4. The van der Waals surface area contributed by atoms with Gasteiger partial charge in [0.15, 0.2) is 0 Å². The van der Waals surface area contributed by atoms with Gasteiger partial charge in [0.05, 0.1) is 11.9 Å². The quantitative estimate of drug-likeness (QED) is 0.742. The van der Waals surface area contributed by atoms with Gasteiger partial charge in [-0.25, -0.2) is 0 Å². The van der Waals surface area contributed by atoms with Crippen molar-refractivity contribution in [1.29, 1.82) is 0 Å². The number of nitrogens with one attached hydrogen (secondary N) is 1. The Morgan fingerprint density at radius 1 is 1.54 bits per heavy atom. The number of rotatable bonds is 2. The largest absolute Gasteiger partial charge is 0.321 e. The Hall–Kier alpha value is -1.64. The van der Waals surface area contributed by atoms with E-state index in [1.54, 1.807) is 18.5 Å². The molecule has 1 aromatic heterocycles. The Kier molecular flexibility index (Phi) is 2.08. The Labute approximate surface area is 76.5 Å². The molecule has 1 heterocycles. The van der Waals surface area contributed by atoms with Gasteiger partial charge in [-0.2, -0.15) is 0 Å². The molecular weight excluding hydrogens is 164 g/mol. The lowest BCUT2D eigenvalue weighted by atomic mass is 9.98. The van der Waals surface area contributed by atoms with Crippen LogP contribution in [-0.2, 0) is 4.79 Å². The summed E-state index contributed by atoms with van der Waals surface area (Å²) in [5, 5.41) is 2.77. The first kappa shape index (κ1) is 7.98. The fraction of sp³-hybridized carbons (Fsp3) is 0.200. The highest BCUT2D eigenvalue weighted by Crippen LogP contribution is 2.19. The van der Waals surface area contributed by atoms with E-state index in [9.17, 15) is 4.79 Å². The summed E-state index contributed by atoms with van der Waals surface area (Å²) in [7, 11) is 0. The monoisotopic (exact) mass is 174 g/mol. The average molecular weight is 174 g/mol. The van der Waals surface area contributed by atoms with Gasteiger partial charge >= 0.3 is 0 Å². The van der Waals surface area contributed by atoms with Crippen LogP contribution in [0.15, 0.2) is 36.2 Å². The van der Waals surface area contributed by atoms with E-state index in [-0.39, 0.29) is 5.91 Å². The summed E-state index contributed by atoms with van der Waals surface area (Å²) in [6, 6.07) is 3.62. The predicted molar refractivity (Wildman–Crippen MR) is 50.2 cm³/mol. The van der Waals surface area contributed by atoms with E-state index in [0.717, 1.165) is 24.1 Å². The molecule has 0 unspecified atom stereocenters. The number of carbonyl (C=O) groups excluding carboxylic acids is 1. The van der Waals surface area contributed by atoms with Crippen molar-refractivity contribution >= 4 is 11.6 Å². The second-order valence-electron chi connectivity index (χ2n) is 2.96. The van der Waals surface area contributed by atoms with Crippen LogP contribution in [0.3, 0.4) is 0 Å². The molecule has 0 bridgehead atoms. The van der Waals surface area contributed by atoms with Crippen molar-refractivity contribution in [1.82, 2.24) is 4.98 Å². The summed E-state index contributed by atoms with van der Waals surface area (Å²) in [6.07, 6.45) is 7.18. The minimum Gasteiger partial charge on any atom is -0.321 e. The van der Waals surface area contributed by atoms with Crippen LogP contribution in [0.1, 0.15) is 12.8 Å². The minimum atomic E-state index is -0.000694. The average Bonchev–Trinajstić information content (AvgIpc) is 2.02. The standard InChI is InChI=1S/C10H10N2O/c13-10(8-3-1-4-8)12-9-5-2-6-11-7-9/h2-3,5-7H,1,4H2,(H,12,13). The lowest BCUT2D eigenvalue weighted by molar-refractivity contribution is -0.113. The highest BCUT2D eigenvalue weighted by Gasteiger charge is 2.14. The van der Waals surface area contributed by atoms with E-state index >= 15 is 0 Å². The zero-order valence-corrected chi connectivity index (χ0v) is 7.16. The Balaban J connectivity index is 2.02. The third-order valence-corrected chi connectivity index (χ3v) is 2.02. The summed E-state index contributed by atoms with van der Waals surface area (Å²) in [5.41, 5.74) is 1.63. The Bertz CT molecular complexity index is 343. The molecule has 1 aliphatic rings. The maximum atomic E-state index is 11.4. The van der Waals surface area contributed by atoms with Gasteiger partial charge in [-0.15, -0.1) is 0 Å². The smallest absolute Gasteiger partial charge is 0.251 e. The van der Waals surface area contributed by atoms with Crippen molar-refractivity contribution < 1.29 is 4.79 Å². The first-order chi connectivity index (χ1) is 6.36. The number of carbonyl (C=O) groups is 1. The molecular formula is C10H10N2O. The second-order valence-corrected chi connectivity index (χ2v) is 2.96. The first-order valence-corrected chi connectivity index (χ1v) is 4.27. The van der Waals surface area contributed by atoms with Crippen LogP contribution < -0.4 is 5.32 Å². The molecule has 0 atom stereocenters. The Morgan fingerprint density at radius 2 is 2.38 bits per heavy atom. The number of nitrogens with zero attached hydrogens (tertiary/aromatic N) is 1. The van der Waals surface area contributed by atoms with Gasteiger partial charge in [0.1, 0.15) is 0 Å². The molecule has 0 saturated carbocycles. The van der Waals surface area contributed by atoms with Crippen LogP contribution in [0.4, 0.5) is 5.69 Å². The molecule has 3 nitrogen and oxygen atoms in total. The van der Waals surface area contributed by atoms with Crippen molar-refractivity contribution in [3.63, 3.8) is 0 Å². The molecule has 0 saturated heterocycles. The number of anilines is 1. The van der Waals surface area contributed by atoms with Crippen LogP contribution in [0.2, 0.25) is 0 Å². The van der Waals surface area contributed by atoms with Gasteiger partial charge in [-0.3, -0.25) is 9.78 Å². The van der Waals surface area contributed by atoms with Gasteiger partial charge in [0.25, 0.3) is 5.91 Å². The highest BCUT2D eigenvalue weighted by molar-refractivity contribution is 6.04. The van der Waals surface area contributed by atoms with E-state index in [4.69, 9.17) is 0 Å². The third kappa shape index (κ3) is 1.75. The van der Waals surface area contributed by atoms with Crippen LogP contribution >= 0.6 is 0 Å². The zero-order valence-electron chi connectivity index (χ0n) is 7.16. The molecule has 1 N–H and O–H groups in total. The summed E-state index contributed by atoms with van der Waals surface area (Å²) < 4.78 is 0. The van der Waals surface area contributed by atoms with Crippen molar-refractivity contribution in [2.45, 2.75) is 12.8 Å². The van der Waals surface area contributed by atoms with E-state index in [2.05, 4.69) is 10.3 Å². The molecule has 1 aliphatic carbocycles. The molecule has 1 aromatic rings. The molecule has 0 spiro atoms. The summed E-state index contributed by atoms with van der Waals surface area (Å²) >= 11 is 0. The van der Waals surface area contributed by atoms with E-state index in [1.807, 2.05) is 12.1 Å². The van der Waals surface area contributed by atoms with Crippen molar-refractivity contribution in [2.24, 2.45) is 0 Å². The number of hydrogen-bond acceptors (Lipinski definition) is 2. The summed E-state index contributed by atoms with van der Waals surface area (Å²) in [5.74, 6) is -0.000694. The van der Waals surface area contributed by atoms with Crippen LogP contribution in [0, 0.1) is 0 Å². The van der Waals surface area contributed by atoms with Gasteiger partial charge in [0.2, 0.25) is 0 Å². The van der Waals surface area contributed by atoms with E-state index in [1.165, 1.54) is 0 Å². The second kappa shape index (κ2) is 3.39. The van der Waals surface area contributed by atoms with E-state index in [0.29, 0.717) is 0 Å². The summed E-state index contributed by atoms with van der Waals surface area (Å²) in [4.78, 5) is 15.3. The van der Waals surface area contributed by atoms with Gasteiger partial charge in [0, 0.05) is 11.8 Å². The van der Waals surface area contributed by atoms with Crippen LogP contribution in [-0.4, -0.2) is 10.9 Å². The van der Waals surface area contributed by atoms with Crippen LogP contribution in [0.25, 0.3) is 0 Å². The van der Waals surface area contributed by atoms with Gasteiger partial charge < -0.3 is 5.32 Å². The number of hydrogen-bond donors (Lipinski definition) is 1. The third-order valence-electron chi connectivity index (χ3n) is 2.02. The number of allylic oxidation sites excluding steroid dienone is 1. The lowest BCUT2D eigenvalue weighted by Gasteiger charge is -2.13. The molecule has 2 rings (SSSR count). The maximum Gasteiger partial charge on any atom is 0.251 e. The minimum absolute atomic E-state index is 0.000694. The molecule has 0 aromatic carbocycles. The number of amides is 1. The molecule has 1 amide bonds. The fourth-order valence-electron chi connectivity index (χ4n) is 1.14. The molecule has 3 heteroatoms. The number of pyridine rings is 1. The van der Waals surface area contributed by atoms with E-state index < -0.39 is 0 Å². The molecule has 0 radical (unpaired) electrons. The number of aromatic nitrogens is 1. The van der Waals surface area contributed by atoms with Crippen molar-refractivity contribution in [2.75, 3.05) is 5.32 Å². The van der Waals surface area contributed by atoms with Gasteiger partial charge in [-0.05, 0) is 25.0 Å². The highest BCUT2D eigenvalue weighted by atomic mass is 16.1. The van der Waals surface area contributed by atoms with Crippen LogP contribution in [0.5, 0.6) is 0 Å². The van der Waals surface area contributed by atoms with Gasteiger partial charge in [-0.1, -0.05) is 6.08 Å². The molecule has 66 valence electrons. The molecule has 0 aliphatic heterocycles. The normalized spacial score (nSPS) is 14.3. The Morgan fingerprint density at radius 3 is 2.92 bits per heavy atom. The molecule has 13 heavy (non-hydrogen) atoms. The van der Waals surface area contributed by atoms with Crippen molar-refractivity contribution in [3.05, 3.63) is 36.2 Å². The first-order valence-electron chi connectivity index (χ1n) is 4.27.